The zero-order valence-corrected chi connectivity index (χ0v) is 22.5. The Kier molecular flexibility index (Phi) is 6.63. The molecule has 0 aliphatic carbocycles. The van der Waals surface area contributed by atoms with Gasteiger partial charge >= 0.3 is 0 Å². The summed E-state index contributed by atoms with van der Waals surface area (Å²) in [6.07, 6.45) is 0. The summed E-state index contributed by atoms with van der Waals surface area (Å²) in [4.78, 5) is 5.52. The van der Waals surface area contributed by atoms with Gasteiger partial charge in [-0.3, -0.25) is 0 Å². The molecular formula is C18H10Br4S4. The Hall–Kier alpha value is 0.720. The summed E-state index contributed by atoms with van der Waals surface area (Å²) in [5.74, 6) is 0.581. The fourth-order valence-electron chi connectivity index (χ4n) is 2.92. The third-order valence-corrected chi connectivity index (χ3v) is 10.8. The first-order valence-corrected chi connectivity index (χ1v) is 14.0. The van der Waals surface area contributed by atoms with Gasteiger partial charge in [-0.2, -0.15) is 0 Å². The van der Waals surface area contributed by atoms with E-state index in [2.05, 4.69) is 112 Å². The maximum atomic E-state index is 3.65. The second-order valence-corrected chi connectivity index (χ2v) is 15.5. The van der Waals surface area contributed by atoms with Crippen LogP contribution in [-0.4, -0.2) is 0 Å². The second-order valence-electron chi connectivity index (χ2n) is 5.52. The van der Waals surface area contributed by atoms with Crippen molar-refractivity contribution in [3.8, 4) is 0 Å². The lowest BCUT2D eigenvalue weighted by atomic mass is 9.87. The topological polar surface area (TPSA) is 0 Å². The molecule has 0 amide bonds. The van der Waals surface area contributed by atoms with Gasteiger partial charge in [0.15, 0.2) is 0 Å². The Balaban J connectivity index is 1.91. The van der Waals surface area contributed by atoms with Crippen molar-refractivity contribution in [2.45, 2.75) is 11.8 Å². The van der Waals surface area contributed by atoms with Crippen LogP contribution in [0.25, 0.3) is 0 Å². The van der Waals surface area contributed by atoms with E-state index in [1.807, 2.05) is 45.3 Å². The van der Waals surface area contributed by atoms with Crippen LogP contribution in [0, 0.1) is 0 Å². The van der Waals surface area contributed by atoms with Gasteiger partial charge in [-0.05, 0) is 112 Å². The van der Waals surface area contributed by atoms with Crippen LogP contribution >= 0.6 is 109 Å². The van der Waals surface area contributed by atoms with Gasteiger partial charge in [0.25, 0.3) is 0 Å². The largest absolute Gasteiger partial charge is 0.133 e. The average Bonchev–Trinajstić information content (AvgIpc) is 3.36. The Morgan fingerprint density at radius 2 is 0.654 bits per heavy atom. The van der Waals surface area contributed by atoms with Crippen LogP contribution in [0.4, 0.5) is 0 Å². The van der Waals surface area contributed by atoms with E-state index in [0.717, 1.165) is 0 Å². The molecule has 0 nitrogen and oxygen atoms in total. The van der Waals surface area contributed by atoms with E-state index in [9.17, 15) is 0 Å². The van der Waals surface area contributed by atoms with Crippen LogP contribution in [0.2, 0.25) is 0 Å². The highest BCUT2D eigenvalue weighted by atomic mass is 79.9. The molecule has 4 aromatic rings. The monoisotopic (exact) mass is 670 g/mol. The summed E-state index contributed by atoms with van der Waals surface area (Å²) in [6, 6.07) is 17.6. The van der Waals surface area contributed by atoms with Crippen LogP contribution in [0.5, 0.6) is 0 Å². The molecule has 0 spiro atoms. The highest BCUT2D eigenvalue weighted by Crippen LogP contribution is 2.51. The second kappa shape index (κ2) is 8.61. The minimum absolute atomic E-state index is 0.290. The molecule has 134 valence electrons. The summed E-state index contributed by atoms with van der Waals surface area (Å²) < 4.78 is 4.69. The van der Waals surface area contributed by atoms with Crippen molar-refractivity contribution in [3.63, 3.8) is 0 Å². The molecule has 0 atom stereocenters. The lowest BCUT2D eigenvalue weighted by molar-refractivity contribution is 0.741. The number of hydrogen-bond acceptors (Lipinski definition) is 4. The van der Waals surface area contributed by atoms with Gasteiger partial charge in [-0.25, -0.2) is 0 Å². The number of thiophene rings is 4. The molecule has 0 fully saturated rings. The minimum Gasteiger partial charge on any atom is -0.133 e. The SMILES string of the molecule is Brc1ccc(C(c2ccc(Br)s2)C(c2ccc(Br)s2)c2ccc(Br)s2)s1. The Morgan fingerprint density at radius 1 is 0.423 bits per heavy atom. The van der Waals surface area contributed by atoms with Gasteiger partial charge in [0.2, 0.25) is 0 Å². The summed E-state index contributed by atoms with van der Waals surface area (Å²) in [7, 11) is 0. The van der Waals surface area contributed by atoms with Crippen molar-refractivity contribution in [2.24, 2.45) is 0 Å². The normalized spacial score (nSPS) is 11.8. The van der Waals surface area contributed by atoms with Gasteiger partial charge in [-0.15, -0.1) is 45.3 Å². The minimum atomic E-state index is 0.290. The predicted molar refractivity (Wildman–Crippen MR) is 132 cm³/mol. The Bertz CT molecular complexity index is 863. The van der Waals surface area contributed by atoms with Crippen LogP contribution < -0.4 is 0 Å². The first kappa shape index (κ1) is 20.0. The quantitative estimate of drug-likeness (QED) is 0.198. The zero-order valence-electron chi connectivity index (χ0n) is 12.9. The molecule has 0 N–H and O–H groups in total. The average molecular weight is 674 g/mol. The van der Waals surface area contributed by atoms with E-state index in [1.165, 1.54) is 34.7 Å². The first-order valence-electron chi connectivity index (χ1n) is 7.52. The molecule has 26 heavy (non-hydrogen) atoms. The van der Waals surface area contributed by atoms with Crippen molar-refractivity contribution >= 4 is 109 Å². The summed E-state index contributed by atoms with van der Waals surface area (Å²) >= 11 is 21.9. The van der Waals surface area contributed by atoms with E-state index in [4.69, 9.17) is 0 Å². The van der Waals surface area contributed by atoms with E-state index in [0.29, 0.717) is 11.8 Å². The van der Waals surface area contributed by atoms with Crippen molar-refractivity contribution in [1.29, 1.82) is 0 Å². The third-order valence-electron chi connectivity index (χ3n) is 3.94. The van der Waals surface area contributed by atoms with Crippen molar-refractivity contribution in [3.05, 3.63) is 83.2 Å². The van der Waals surface area contributed by atoms with Crippen LogP contribution in [0.1, 0.15) is 31.3 Å². The summed E-state index contributed by atoms with van der Waals surface area (Å²) in [5.41, 5.74) is 0. The van der Waals surface area contributed by atoms with E-state index < -0.39 is 0 Å². The maximum Gasteiger partial charge on any atom is 0.0701 e. The molecule has 0 saturated heterocycles. The fraction of sp³-hybridized carbons (Fsp3) is 0.111. The van der Waals surface area contributed by atoms with Crippen molar-refractivity contribution in [1.82, 2.24) is 0 Å². The molecule has 0 radical (unpaired) electrons. The van der Waals surface area contributed by atoms with E-state index in [-0.39, 0.29) is 0 Å². The molecule has 8 heteroatoms. The summed E-state index contributed by atoms with van der Waals surface area (Å²) in [6.45, 7) is 0. The maximum absolute atomic E-state index is 3.65. The van der Waals surface area contributed by atoms with Gasteiger partial charge in [-0.1, -0.05) is 0 Å². The van der Waals surface area contributed by atoms with Crippen molar-refractivity contribution in [2.75, 3.05) is 0 Å². The number of halogens is 4. The summed E-state index contributed by atoms with van der Waals surface area (Å²) in [5, 5.41) is 0. The Labute approximate surface area is 201 Å². The zero-order chi connectivity index (χ0) is 18.3. The number of rotatable bonds is 5. The Morgan fingerprint density at radius 3 is 0.808 bits per heavy atom. The molecule has 0 aliphatic rings. The molecule has 0 bridgehead atoms. The smallest absolute Gasteiger partial charge is 0.0701 e. The molecule has 4 aromatic heterocycles. The lowest BCUT2D eigenvalue weighted by Gasteiger charge is -2.24. The van der Waals surface area contributed by atoms with Gasteiger partial charge < -0.3 is 0 Å². The van der Waals surface area contributed by atoms with Crippen LogP contribution in [-0.2, 0) is 0 Å². The predicted octanol–water partition coefficient (Wildman–Crippen LogP) is 9.95. The van der Waals surface area contributed by atoms with Crippen LogP contribution in [0.15, 0.2) is 63.7 Å². The third kappa shape index (κ3) is 4.32. The van der Waals surface area contributed by atoms with E-state index >= 15 is 0 Å². The molecule has 4 rings (SSSR count). The highest BCUT2D eigenvalue weighted by molar-refractivity contribution is 9.11. The highest BCUT2D eigenvalue weighted by Gasteiger charge is 2.32. The standard InChI is InChI=1S/C18H10Br4S4/c19-13-5-1-9(23-13)17(10-2-6-14(20)24-10)18(11-3-7-15(21)25-11)12-4-8-16(22)26-12/h1-8,17-18H. The van der Waals surface area contributed by atoms with Gasteiger partial charge in [0, 0.05) is 31.3 Å². The van der Waals surface area contributed by atoms with Gasteiger partial charge in [0.1, 0.15) is 0 Å². The molecule has 0 unspecified atom stereocenters. The lowest BCUT2D eigenvalue weighted by Crippen LogP contribution is -2.10. The molecular weight excluding hydrogens is 664 g/mol. The molecule has 4 heterocycles. The number of hydrogen-bond donors (Lipinski definition) is 0. The molecule has 0 saturated carbocycles. The molecule has 0 aliphatic heterocycles. The van der Waals surface area contributed by atoms with Crippen molar-refractivity contribution < 1.29 is 0 Å². The first-order chi connectivity index (χ1) is 12.5. The van der Waals surface area contributed by atoms with Crippen LogP contribution in [0.3, 0.4) is 0 Å². The van der Waals surface area contributed by atoms with Gasteiger partial charge in [0.05, 0.1) is 15.1 Å². The molecule has 0 aromatic carbocycles. The van der Waals surface area contributed by atoms with E-state index in [1.54, 1.807) is 0 Å². The fourth-order valence-corrected chi connectivity index (χ4v) is 9.39.